The van der Waals surface area contributed by atoms with Gasteiger partial charge in [0.05, 0.1) is 0 Å². The van der Waals surface area contributed by atoms with Gasteiger partial charge in [0.2, 0.25) is 0 Å². The first-order valence-electron chi connectivity index (χ1n) is 4.89. The molecular weight excluding hydrogens is 194 g/mol. The summed E-state index contributed by atoms with van der Waals surface area (Å²) >= 11 is 0. The molecule has 1 aromatic heterocycles. The Morgan fingerprint density at radius 3 is 3.20 bits per heavy atom. The van der Waals surface area contributed by atoms with Crippen LogP contribution in [0.5, 0.6) is 5.75 Å². The fraction of sp³-hybridized carbons (Fsp3) is 0.400. The van der Waals surface area contributed by atoms with Gasteiger partial charge in [-0.2, -0.15) is 0 Å². The fourth-order valence-corrected chi connectivity index (χ4v) is 1.58. The van der Waals surface area contributed by atoms with E-state index in [4.69, 9.17) is 10.5 Å². The van der Waals surface area contributed by atoms with Crippen molar-refractivity contribution in [2.24, 2.45) is 5.73 Å². The van der Waals surface area contributed by atoms with Crippen molar-refractivity contribution in [3.63, 3.8) is 0 Å². The highest BCUT2D eigenvalue weighted by molar-refractivity contribution is 5.93. The average Bonchev–Trinajstić information content (AvgIpc) is 2.71. The molecule has 0 aliphatic carbocycles. The van der Waals surface area contributed by atoms with Crippen LogP contribution < -0.4 is 15.8 Å². The number of hydrogen-bond donors (Lipinski definition) is 2. The van der Waals surface area contributed by atoms with Crippen molar-refractivity contribution in [2.75, 3.05) is 13.1 Å². The molecule has 0 spiro atoms. The number of carbonyl (C=O) groups is 1. The molecule has 0 bridgehead atoms. The highest BCUT2D eigenvalue weighted by atomic mass is 16.5. The predicted molar refractivity (Wildman–Crippen MR) is 54.7 cm³/mol. The van der Waals surface area contributed by atoms with Crippen LogP contribution in [0.2, 0.25) is 0 Å². The topological polar surface area (TPSA) is 77.2 Å². The van der Waals surface area contributed by atoms with Crippen LogP contribution in [0, 0.1) is 0 Å². The SMILES string of the molecule is NC(=O)c1ncccc1OC1CCNC1. The quantitative estimate of drug-likeness (QED) is 0.726. The summed E-state index contributed by atoms with van der Waals surface area (Å²) in [6, 6.07) is 3.44. The van der Waals surface area contributed by atoms with Crippen molar-refractivity contribution in [1.82, 2.24) is 10.3 Å². The standard InChI is InChI=1S/C10H13N3O2/c11-10(14)9-8(2-1-4-13-9)15-7-3-5-12-6-7/h1-2,4,7,12H,3,5-6H2,(H2,11,14). The Bertz CT molecular complexity index is 361. The minimum Gasteiger partial charge on any atom is -0.487 e. The minimum absolute atomic E-state index is 0.104. The maximum absolute atomic E-state index is 11.1. The molecule has 2 rings (SSSR count). The average molecular weight is 207 g/mol. The zero-order chi connectivity index (χ0) is 10.7. The van der Waals surface area contributed by atoms with Crippen LogP contribution in [-0.2, 0) is 0 Å². The summed E-state index contributed by atoms with van der Waals surface area (Å²) in [7, 11) is 0. The van der Waals surface area contributed by atoms with Gasteiger partial charge in [0.1, 0.15) is 6.10 Å². The number of nitrogens with one attached hydrogen (secondary N) is 1. The summed E-state index contributed by atoms with van der Waals surface area (Å²) in [5.41, 5.74) is 5.39. The third-order valence-electron chi connectivity index (χ3n) is 2.31. The van der Waals surface area contributed by atoms with Crippen LogP contribution in [0.1, 0.15) is 16.9 Å². The maximum atomic E-state index is 11.1. The molecule has 1 saturated heterocycles. The van der Waals surface area contributed by atoms with Gasteiger partial charge >= 0.3 is 0 Å². The van der Waals surface area contributed by atoms with Gasteiger partial charge in [-0.1, -0.05) is 0 Å². The third-order valence-corrected chi connectivity index (χ3v) is 2.31. The van der Waals surface area contributed by atoms with Gasteiger partial charge in [-0.3, -0.25) is 4.79 Å². The molecule has 1 aromatic rings. The summed E-state index contributed by atoms with van der Waals surface area (Å²) in [5.74, 6) is -0.0877. The number of primary amides is 1. The lowest BCUT2D eigenvalue weighted by Gasteiger charge is -2.13. The number of amides is 1. The normalized spacial score (nSPS) is 20.1. The van der Waals surface area contributed by atoms with Gasteiger partial charge in [-0.15, -0.1) is 0 Å². The van der Waals surface area contributed by atoms with Crippen LogP contribution in [-0.4, -0.2) is 30.1 Å². The highest BCUT2D eigenvalue weighted by Gasteiger charge is 2.19. The van der Waals surface area contributed by atoms with E-state index in [9.17, 15) is 4.79 Å². The summed E-state index contributed by atoms with van der Waals surface area (Å²) in [6.07, 6.45) is 2.57. The van der Waals surface area contributed by atoms with E-state index >= 15 is 0 Å². The molecule has 5 nitrogen and oxygen atoms in total. The first-order valence-corrected chi connectivity index (χ1v) is 4.89. The maximum Gasteiger partial charge on any atom is 0.271 e. The summed E-state index contributed by atoms with van der Waals surface area (Å²) in [6.45, 7) is 1.74. The number of ether oxygens (including phenoxy) is 1. The smallest absolute Gasteiger partial charge is 0.271 e. The summed E-state index contributed by atoms with van der Waals surface area (Å²) < 4.78 is 5.64. The van der Waals surface area contributed by atoms with E-state index in [1.165, 1.54) is 6.20 Å². The monoisotopic (exact) mass is 207 g/mol. The van der Waals surface area contributed by atoms with E-state index in [1.54, 1.807) is 12.1 Å². The molecule has 2 heterocycles. The summed E-state index contributed by atoms with van der Waals surface area (Å²) in [4.78, 5) is 15.0. The lowest BCUT2D eigenvalue weighted by atomic mass is 10.3. The van der Waals surface area contributed by atoms with E-state index in [-0.39, 0.29) is 11.8 Å². The Kier molecular flexibility index (Phi) is 2.82. The van der Waals surface area contributed by atoms with Crippen molar-refractivity contribution >= 4 is 5.91 Å². The highest BCUT2D eigenvalue weighted by Crippen LogP contribution is 2.18. The Morgan fingerprint density at radius 1 is 1.67 bits per heavy atom. The number of pyridine rings is 1. The molecule has 0 radical (unpaired) electrons. The van der Waals surface area contributed by atoms with Crippen LogP contribution in [0.4, 0.5) is 0 Å². The number of rotatable bonds is 3. The van der Waals surface area contributed by atoms with E-state index < -0.39 is 5.91 Å². The molecule has 1 aliphatic rings. The largest absolute Gasteiger partial charge is 0.487 e. The lowest BCUT2D eigenvalue weighted by Crippen LogP contribution is -2.22. The Balaban J connectivity index is 2.15. The molecule has 1 amide bonds. The molecule has 3 N–H and O–H groups in total. The van der Waals surface area contributed by atoms with Crippen molar-refractivity contribution < 1.29 is 9.53 Å². The molecule has 0 saturated carbocycles. The molecule has 5 heteroatoms. The molecule has 1 atom stereocenters. The van der Waals surface area contributed by atoms with Crippen molar-refractivity contribution in [1.29, 1.82) is 0 Å². The number of nitrogens with zero attached hydrogens (tertiary/aromatic N) is 1. The van der Waals surface area contributed by atoms with Crippen LogP contribution in [0.25, 0.3) is 0 Å². The van der Waals surface area contributed by atoms with Gasteiger partial charge in [0.25, 0.3) is 5.91 Å². The van der Waals surface area contributed by atoms with Crippen molar-refractivity contribution in [2.45, 2.75) is 12.5 Å². The lowest BCUT2D eigenvalue weighted by molar-refractivity contribution is 0.0988. The second-order valence-electron chi connectivity index (χ2n) is 3.45. The Labute approximate surface area is 87.6 Å². The third kappa shape index (κ3) is 2.24. The molecule has 1 aliphatic heterocycles. The first kappa shape index (κ1) is 9.92. The molecule has 15 heavy (non-hydrogen) atoms. The van der Waals surface area contributed by atoms with Crippen LogP contribution in [0.3, 0.4) is 0 Å². The first-order chi connectivity index (χ1) is 7.27. The number of nitrogens with two attached hydrogens (primary N) is 1. The van der Waals surface area contributed by atoms with Crippen LogP contribution in [0.15, 0.2) is 18.3 Å². The van der Waals surface area contributed by atoms with E-state index in [2.05, 4.69) is 10.3 Å². The Hall–Kier alpha value is -1.62. The van der Waals surface area contributed by atoms with Gasteiger partial charge in [0.15, 0.2) is 11.4 Å². The zero-order valence-electron chi connectivity index (χ0n) is 8.27. The number of carbonyl (C=O) groups excluding carboxylic acids is 1. The van der Waals surface area contributed by atoms with Crippen molar-refractivity contribution in [3.05, 3.63) is 24.0 Å². The second-order valence-corrected chi connectivity index (χ2v) is 3.45. The van der Waals surface area contributed by atoms with Crippen LogP contribution >= 0.6 is 0 Å². The summed E-state index contributed by atoms with van der Waals surface area (Å²) in [5, 5.41) is 3.18. The number of hydrogen-bond acceptors (Lipinski definition) is 4. The van der Waals surface area contributed by atoms with Gasteiger partial charge in [-0.05, 0) is 25.1 Å². The van der Waals surface area contributed by atoms with E-state index in [0.717, 1.165) is 19.5 Å². The van der Waals surface area contributed by atoms with Gasteiger partial charge in [0, 0.05) is 12.7 Å². The molecule has 1 fully saturated rings. The van der Waals surface area contributed by atoms with E-state index in [1.807, 2.05) is 0 Å². The van der Waals surface area contributed by atoms with Gasteiger partial charge < -0.3 is 15.8 Å². The van der Waals surface area contributed by atoms with E-state index in [0.29, 0.717) is 5.75 Å². The second kappa shape index (κ2) is 4.27. The zero-order valence-corrected chi connectivity index (χ0v) is 8.27. The number of aromatic nitrogens is 1. The van der Waals surface area contributed by atoms with Crippen molar-refractivity contribution in [3.8, 4) is 5.75 Å². The fourth-order valence-electron chi connectivity index (χ4n) is 1.58. The predicted octanol–water partition coefficient (Wildman–Crippen LogP) is -0.0788. The Morgan fingerprint density at radius 2 is 2.53 bits per heavy atom. The molecular formula is C10H13N3O2. The minimum atomic E-state index is -0.559. The van der Waals surface area contributed by atoms with Gasteiger partial charge in [-0.25, -0.2) is 4.98 Å². The molecule has 0 aromatic carbocycles. The molecule has 1 unspecified atom stereocenters. The molecule has 80 valence electrons.